The zero-order chi connectivity index (χ0) is 32.8. The number of benzene rings is 3. The van der Waals surface area contributed by atoms with Gasteiger partial charge in [0.05, 0.1) is 5.56 Å². The molecule has 1 unspecified atom stereocenters. The maximum atomic E-state index is 12.6. The van der Waals surface area contributed by atoms with Gasteiger partial charge in [0.25, 0.3) is 0 Å². The molecule has 1 aromatic heterocycles. The fourth-order valence-corrected chi connectivity index (χ4v) is 6.84. The van der Waals surface area contributed by atoms with Gasteiger partial charge in [0.15, 0.2) is 17.5 Å². The van der Waals surface area contributed by atoms with Crippen molar-refractivity contribution in [3.8, 4) is 45.7 Å². The highest BCUT2D eigenvalue weighted by Gasteiger charge is 2.21. The van der Waals surface area contributed by atoms with Crippen LogP contribution >= 0.6 is 0 Å². The molecule has 46 heavy (non-hydrogen) atoms. The highest BCUT2D eigenvalue weighted by Crippen LogP contribution is 2.35. The zero-order valence-corrected chi connectivity index (χ0v) is 28.4. The predicted molar refractivity (Wildman–Crippen MR) is 186 cm³/mol. The van der Waals surface area contributed by atoms with Gasteiger partial charge in [-0.25, -0.2) is 15.0 Å². The molecule has 0 saturated carbocycles. The number of phenols is 1. The van der Waals surface area contributed by atoms with Crippen molar-refractivity contribution in [3.05, 3.63) is 76.9 Å². The molecule has 242 valence electrons. The van der Waals surface area contributed by atoms with E-state index in [0.717, 1.165) is 43.2 Å². The minimum Gasteiger partial charge on any atom is -0.507 e. The van der Waals surface area contributed by atoms with Crippen molar-refractivity contribution in [3.63, 3.8) is 0 Å². The Morgan fingerprint density at radius 2 is 1.24 bits per heavy atom. The molecule has 0 amide bonds. The van der Waals surface area contributed by atoms with Crippen LogP contribution in [0.5, 0.6) is 11.5 Å². The maximum absolute atomic E-state index is 12.6. The Kier molecular flexibility index (Phi) is 10.6. The molecule has 2 aliphatic carbocycles. The lowest BCUT2D eigenvalue weighted by atomic mass is 9.84. The van der Waals surface area contributed by atoms with E-state index in [4.69, 9.17) is 19.7 Å². The lowest BCUT2D eigenvalue weighted by Crippen LogP contribution is -2.17. The Labute approximate surface area is 274 Å². The molecule has 0 fully saturated rings. The van der Waals surface area contributed by atoms with Gasteiger partial charge in [0.2, 0.25) is 0 Å². The molecule has 2 aliphatic rings. The molecular weight excluding hydrogens is 570 g/mol. The van der Waals surface area contributed by atoms with Crippen molar-refractivity contribution >= 4 is 5.97 Å². The molecule has 6 heteroatoms. The second-order valence-electron chi connectivity index (χ2n) is 13.9. The number of hydrogen-bond acceptors (Lipinski definition) is 6. The van der Waals surface area contributed by atoms with Crippen LogP contribution in [0.1, 0.15) is 102 Å². The van der Waals surface area contributed by atoms with Gasteiger partial charge in [-0.2, -0.15) is 0 Å². The Bertz CT molecular complexity index is 1610. The van der Waals surface area contributed by atoms with Crippen LogP contribution in [0.3, 0.4) is 0 Å². The lowest BCUT2D eigenvalue weighted by molar-refractivity contribution is -0.135. The molecule has 0 aliphatic heterocycles. The molecule has 4 aromatic rings. The van der Waals surface area contributed by atoms with Crippen LogP contribution in [-0.4, -0.2) is 26.0 Å². The van der Waals surface area contributed by atoms with Crippen LogP contribution in [0.2, 0.25) is 0 Å². The summed E-state index contributed by atoms with van der Waals surface area (Å²) in [6.45, 7) is 12.6. The Morgan fingerprint density at radius 1 is 0.739 bits per heavy atom. The molecule has 0 spiro atoms. The summed E-state index contributed by atoms with van der Waals surface area (Å²) in [5.41, 5.74) is 8.02. The van der Waals surface area contributed by atoms with Crippen LogP contribution in [-0.2, 0) is 30.5 Å². The number of rotatable bonds is 7. The first-order valence-corrected chi connectivity index (χ1v) is 17.2. The first kappa shape index (κ1) is 33.3. The summed E-state index contributed by atoms with van der Waals surface area (Å²) in [4.78, 5) is 27.4. The molecule has 1 heterocycles. The van der Waals surface area contributed by atoms with Gasteiger partial charge >= 0.3 is 5.97 Å². The van der Waals surface area contributed by atoms with Crippen molar-refractivity contribution in [2.24, 2.45) is 11.3 Å². The van der Waals surface area contributed by atoms with E-state index in [1.165, 1.54) is 54.0 Å². The normalized spacial score (nSPS) is 14.7. The summed E-state index contributed by atoms with van der Waals surface area (Å²) in [5.74, 6) is 1.70. The number of carbonyl (C=O) groups excluding carboxylic acids is 1. The molecule has 0 radical (unpaired) electrons. The molecule has 3 aromatic carbocycles. The smallest absolute Gasteiger partial charge is 0.311 e. The summed E-state index contributed by atoms with van der Waals surface area (Å²) < 4.78 is 5.61. The minimum absolute atomic E-state index is 0.0444. The van der Waals surface area contributed by atoms with E-state index in [-0.39, 0.29) is 23.1 Å². The minimum atomic E-state index is -0.307. The van der Waals surface area contributed by atoms with E-state index < -0.39 is 0 Å². The topological polar surface area (TPSA) is 85.2 Å². The number of esters is 1. The largest absolute Gasteiger partial charge is 0.507 e. The number of carbonyl (C=O) groups is 1. The van der Waals surface area contributed by atoms with Gasteiger partial charge in [0, 0.05) is 23.6 Å². The number of fused-ring (bicyclic) bond motifs is 2. The second kappa shape index (κ2) is 14.6. The first-order chi connectivity index (χ1) is 22.1. The van der Waals surface area contributed by atoms with Crippen molar-refractivity contribution in [2.75, 3.05) is 0 Å². The van der Waals surface area contributed by atoms with Crippen LogP contribution in [0.25, 0.3) is 34.2 Å². The second-order valence-corrected chi connectivity index (χ2v) is 13.9. The maximum Gasteiger partial charge on any atom is 0.311 e. The third-order valence-electron chi connectivity index (χ3n) is 8.77. The van der Waals surface area contributed by atoms with Gasteiger partial charge in [-0.15, -0.1) is 0 Å². The number of hydrogen-bond donors (Lipinski definition) is 1. The summed E-state index contributed by atoms with van der Waals surface area (Å²) >= 11 is 0. The zero-order valence-electron chi connectivity index (χ0n) is 28.4. The van der Waals surface area contributed by atoms with Crippen molar-refractivity contribution in [2.45, 2.75) is 106 Å². The Hall–Kier alpha value is -4.06. The van der Waals surface area contributed by atoms with Crippen LogP contribution < -0.4 is 4.74 Å². The molecule has 0 bridgehead atoms. The van der Waals surface area contributed by atoms with Gasteiger partial charge in [-0.1, -0.05) is 65.8 Å². The molecule has 0 saturated heterocycles. The third-order valence-corrected chi connectivity index (χ3v) is 8.77. The van der Waals surface area contributed by atoms with Gasteiger partial charge in [0.1, 0.15) is 11.5 Å². The van der Waals surface area contributed by atoms with E-state index in [0.29, 0.717) is 35.2 Å². The van der Waals surface area contributed by atoms with Crippen LogP contribution in [0.4, 0.5) is 0 Å². The lowest BCUT2D eigenvalue weighted by Gasteiger charge is -2.22. The highest BCUT2D eigenvalue weighted by atomic mass is 16.5. The molecule has 1 N–H and O–H groups in total. The first-order valence-electron chi connectivity index (χ1n) is 17.2. The van der Waals surface area contributed by atoms with Crippen LogP contribution in [0, 0.1) is 11.3 Å². The standard InChI is InChI=1S/C38H43N3O3.C2H6/c1-24(23-38(2,3)4)19-34(43)44-31-17-18-32(33(42)22-31)37-40-35(29-15-13-25-9-5-7-11-27(25)20-29)39-36(41-37)30-16-14-26-10-6-8-12-28(26)21-30;1-2/h13-18,20-22,24,42H,5-12,19,23H2,1-4H3;1-2H3. The number of phenolic OH excluding ortho intramolecular Hbond substituents is 1. The summed E-state index contributed by atoms with van der Waals surface area (Å²) in [6, 6.07) is 17.9. The Morgan fingerprint density at radius 3 is 1.74 bits per heavy atom. The number of aromatic nitrogens is 3. The predicted octanol–water partition coefficient (Wildman–Crippen LogP) is 9.73. The molecule has 1 atom stereocenters. The summed E-state index contributed by atoms with van der Waals surface area (Å²) in [6.07, 6.45) is 10.4. The monoisotopic (exact) mass is 619 g/mol. The Balaban J connectivity index is 0.00000204. The summed E-state index contributed by atoms with van der Waals surface area (Å²) in [5, 5.41) is 11.1. The van der Waals surface area contributed by atoms with E-state index in [1.807, 2.05) is 13.8 Å². The fraction of sp³-hybridized carbons (Fsp3) is 0.450. The van der Waals surface area contributed by atoms with Gasteiger partial charge in [-0.05, 0) is 116 Å². The van der Waals surface area contributed by atoms with E-state index in [1.54, 1.807) is 12.1 Å². The quantitative estimate of drug-likeness (QED) is 0.164. The van der Waals surface area contributed by atoms with Gasteiger partial charge in [-0.3, -0.25) is 4.79 Å². The number of aryl methyl sites for hydroxylation is 4. The van der Waals surface area contributed by atoms with Crippen LogP contribution in [0.15, 0.2) is 54.6 Å². The van der Waals surface area contributed by atoms with E-state index in [9.17, 15) is 9.90 Å². The molecule has 6 nitrogen and oxygen atoms in total. The number of aromatic hydroxyl groups is 1. The SMILES string of the molecule is CC.CC(CC(=O)Oc1ccc(-c2nc(-c3ccc4c(c3)CCCC4)nc(-c3ccc4c(c3)CCCC4)n2)c(O)c1)CC(C)(C)C. The van der Waals surface area contributed by atoms with Gasteiger partial charge < -0.3 is 9.84 Å². The van der Waals surface area contributed by atoms with E-state index in [2.05, 4.69) is 64.1 Å². The highest BCUT2D eigenvalue weighted by molar-refractivity contribution is 5.75. The number of nitrogens with zero attached hydrogens (tertiary/aromatic N) is 3. The molecular formula is C40H49N3O3. The average molecular weight is 620 g/mol. The van der Waals surface area contributed by atoms with Crippen molar-refractivity contribution in [1.29, 1.82) is 0 Å². The average Bonchev–Trinajstić information content (AvgIpc) is 3.04. The molecule has 6 rings (SSSR count). The number of ether oxygens (including phenoxy) is 1. The fourth-order valence-electron chi connectivity index (χ4n) is 6.84. The van der Waals surface area contributed by atoms with E-state index >= 15 is 0 Å². The summed E-state index contributed by atoms with van der Waals surface area (Å²) in [7, 11) is 0. The van der Waals surface area contributed by atoms with Crippen molar-refractivity contribution < 1.29 is 14.6 Å². The third kappa shape index (κ3) is 8.20. The van der Waals surface area contributed by atoms with Crippen molar-refractivity contribution in [1.82, 2.24) is 15.0 Å².